The number of aromatic hydroxyl groups is 1. The van der Waals surface area contributed by atoms with Crippen molar-refractivity contribution in [2.75, 3.05) is 17.7 Å². The Morgan fingerprint density at radius 2 is 2.12 bits per heavy atom. The Labute approximate surface area is 152 Å². The van der Waals surface area contributed by atoms with Gasteiger partial charge in [0, 0.05) is 19.4 Å². The molecule has 3 heterocycles. The van der Waals surface area contributed by atoms with Gasteiger partial charge in [-0.1, -0.05) is 0 Å². The van der Waals surface area contributed by atoms with Crippen LogP contribution in [0.5, 0.6) is 5.88 Å². The van der Waals surface area contributed by atoms with E-state index in [1.165, 1.54) is 6.20 Å². The lowest BCUT2D eigenvalue weighted by atomic mass is 10.2. The number of nitrogens with one attached hydrogen (secondary N) is 4. The Morgan fingerprint density at radius 1 is 1.27 bits per heavy atom. The van der Waals surface area contributed by atoms with Crippen LogP contribution in [0.15, 0.2) is 42.9 Å². The average Bonchev–Trinajstić information content (AvgIpc) is 3.02. The van der Waals surface area contributed by atoms with Gasteiger partial charge in [0.2, 0.25) is 5.88 Å². The third-order valence-electron chi connectivity index (χ3n) is 3.36. The van der Waals surface area contributed by atoms with Crippen molar-refractivity contribution in [1.29, 1.82) is 5.41 Å². The number of nitrogens with zero attached hydrogens (tertiary/aromatic N) is 3. The topological polar surface area (TPSA) is 136 Å². The largest absolute Gasteiger partial charge is 0.492 e. The standard InChI is InChI=1S/C16H15N7O2S/c1-18-13(17)12-15(25)23-26-16(12)22-11-5-4-9(7-20-11)14(24)21-10-3-2-6-19-8-10/h2-8H,1H3,(H2,17,18)(H,20,22)(H,21,24)(H,23,25). The summed E-state index contributed by atoms with van der Waals surface area (Å²) in [6.45, 7) is 0. The second-order valence-corrected chi connectivity index (χ2v) is 5.86. The van der Waals surface area contributed by atoms with Crippen LogP contribution >= 0.6 is 11.5 Å². The van der Waals surface area contributed by atoms with Crippen LogP contribution in [-0.2, 0) is 0 Å². The lowest BCUT2D eigenvalue weighted by Crippen LogP contribution is -2.18. The van der Waals surface area contributed by atoms with Crippen LogP contribution in [0.3, 0.4) is 0 Å². The Bertz CT molecular complexity index is 926. The van der Waals surface area contributed by atoms with Gasteiger partial charge in [-0.2, -0.15) is 4.37 Å². The van der Waals surface area contributed by atoms with Crippen molar-refractivity contribution >= 4 is 39.8 Å². The molecule has 132 valence electrons. The minimum atomic E-state index is -0.301. The average molecular weight is 369 g/mol. The highest BCUT2D eigenvalue weighted by molar-refractivity contribution is 7.11. The molecule has 0 bridgehead atoms. The zero-order valence-electron chi connectivity index (χ0n) is 13.6. The first-order chi connectivity index (χ1) is 12.6. The van der Waals surface area contributed by atoms with Crippen molar-refractivity contribution in [3.05, 3.63) is 54.0 Å². The monoisotopic (exact) mass is 369 g/mol. The van der Waals surface area contributed by atoms with E-state index in [-0.39, 0.29) is 23.2 Å². The molecule has 26 heavy (non-hydrogen) atoms. The van der Waals surface area contributed by atoms with Crippen LogP contribution in [0.1, 0.15) is 15.9 Å². The summed E-state index contributed by atoms with van der Waals surface area (Å²) in [5.74, 6) is -0.0441. The second-order valence-electron chi connectivity index (χ2n) is 5.09. The molecule has 3 rings (SSSR count). The number of rotatable bonds is 5. The van der Waals surface area contributed by atoms with E-state index in [4.69, 9.17) is 5.41 Å². The molecule has 0 aromatic carbocycles. The highest BCUT2D eigenvalue weighted by Gasteiger charge is 2.17. The summed E-state index contributed by atoms with van der Waals surface area (Å²) >= 11 is 1.01. The molecule has 0 atom stereocenters. The number of pyridine rings is 2. The molecular weight excluding hydrogens is 354 g/mol. The molecule has 3 aromatic heterocycles. The molecule has 0 aliphatic carbocycles. The molecule has 10 heteroatoms. The quantitative estimate of drug-likeness (QED) is 0.343. The van der Waals surface area contributed by atoms with Crippen molar-refractivity contribution in [2.45, 2.75) is 0 Å². The van der Waals surface area contributed by atoms with Crippen LogP contribution in [0.4, 0.5) is 16.5 Å². The molecule has 9 nitrogen and oxygen atoms in total. The van der Waals surface area contributed by atoms with Crippen LogP contribution in [0.25, 0.3) is 0 Å². The maximum Gasteiger partial charge on any atom is 0.257 e. The number of carbonyl (C=O) groups is 1. The maximum atomic E-state index is 12.2. The van der Waals surface area contributed by atoms with Crippen molar-refractivity contribution in [3.8, 4) is 5.88 Å². The number of aromatic nitrogens is 3. The molecule has 0 radical (unpaired) electrons. The minimum Gasteiger partial charge on any atom is -0.492 e. The van der Waals surface area contributed by atoms with E-state index in [1.54, 1.807) is 43.7 Å². The van der Waals surface area contributed by atoms with Gasteiger partial charge in [0.25, 0.3) is 5.91 Å². The van der Waals surface area contributed by atoms with Crippen LogP contribution in [-0.4, -0.2) is 38.2 Å². The first kappa shape index (κ1) is 17.3. The predicted molar refractivity (Wildman–Crippen MR) is 99.4 cm³/mol. The van der Waals surface area contributed by atoms with Gasteiger partial charge in [0.05, 0.1) is 17.4 Å². The van der Waals surface area contributed by atoms with Crippen molar-refractivity contribution < 1.29 is 9.90 Å². The maximum absolute atomic E-state index is 12.2. The highest BCUT2D eigenvalue weighted by Crippen LogP contribution is 2.31. The lowest BCUT2D eigenvalue weighted by Gasteiger charge is -2.08. The normalized spacial score (nSPS) is 10.2. The molecule has 5 N–H and O–H groups in total. The molecule has 0 saturated heterocycles. The van der Waals surface area contributed by atoms with E-state index in [1.807, 2.05) is 0 Å². The number of hydrogen-bond acceptors (Lipinski definition) is 8. The van der Waals surface area contributed by atoms with E-state index in [2.05, 4.69) is 30.3 Å². The van der Waals surface area contributed by atoms with Gasteiger partial charge in [-0.25, -0.2) is 4.98 Å². The van der Waals surface area contributed by atoms with Crippen LogP contribution < -0.4 is 16.0 Å². The Hall–Kier alpha value is -3.53. The molecule has 3 aromatic rings. The van der Waals surface area contributed by atoms with Gasteiger partial charge in [-0.05, 0) is 35.8 Å². The molecule has 0 fully saturated rings. The lowest BCUT2D eigenvalue weighted by molar-refractivity contribution is 0.102. The Balaban J connectivity index is 1.72. The van der Waals surface area contributed by atoms with Gasteiger partial charge in [-0.3, -0.25) is 15.2 Å². The van der Waals surface area contributed by atoms with E-state index >= 15 is 0 Å². The molecule has 0 aliphatic rings. The number of carbonyl (C=O) groups excluding carboxylic acids is 1. The fourth-order valence-corrected chi connectivity index (χ4v) is 2.78. The van der Waals surface area contributed by atoms with E-state index in [0.29, 0.717) is 22.1 Å². The number of hydrogen-bond donors (Lipinski definition) is 5. The third-order valence-corrected chi connectivity index (χ3v) is 4.11. The summed E-state index contributed by atoms with van der Waals surface area (Å²) in [7, 11) is 1.58. The molecule has 0 spiro atoms. The third kappa shape index (κ3) is 3.75. The van der Waals surface area contributed by atoms with Crippen molar-refractivity contribution in [3.63, 3.8) is 0 Å². The first-order valence-corrected chi connectivity index (χ1v) is 8.25. The molecule has 0 unspecified atom stereocenters. The smallest absolute Gasteiger partial charge is 0.257 e. The van der Waals surface area contributed by atoms with Crippen molar-refractivity contribution in [1.82, 2.24) is 19.7 Å². The SMILES string of the molecule is CNC(=N)c1c(O)nsc1Nc1ccc(C(=O)Nc2cccnc2)cn1. The fraction of sp³-hybridized carbons (Fsp3) is 0.0625. The zero-order chi connectivity index (χ0) is 18.5. The van der Waals surface area contributed by atoms with Gasteiger partial charge < -0.3 is 21.1 Å². The predicted octanol–water partition coefficient (Wildman–Crippen LogP) is 2.18. The zero-order valence-corrected chi connectivity index (χ0v) is 14.5. The van der Waals surface area contributed by atoms with Gasteiger partial charge >= 0.3 is 0 Å². The molecule has 0 saturated carbocycles. The summed E-state index contributed by atoms with van der Waals surface area (Å²) in [5.41, 5.74) is 1.24. The number of amidine groups is 1. The van der Waals surface area contributed by atoms with Gasteiger partial charge in [-0.15, -0.1) is 0 Å². The van der Waals surface area contributed by atoms with Crippen LogP contribution in [0, 0.1) is 5.41 Å². The van der Waals surface area contributed by atoms with Gasteiger partial charge in [0.1, 0.15) is 22.2 Å². The molecular formula is C16H15N7O2S. The summed E-state index contributed by atoms with van der Waals surface area (Å²) in [5, 5.41) is 26.4. The van der Waals surface area contributed by atoms with E-state index in [0.717, 1.165) is 11.5 Å². The molecule has 0 aliphatic heterocycles. The Kier molecular flexibility index (Phi) is 5.04. The number of amides is 1. The Morgan fingerprint density at radius 3 is 2.77 bits per heavy atom. The summed E-state index contributed by atoms with van der Waals surface area (Å²) in [4.78, 5) is 20.3. The van der Waals surface area contributed by atoms with E-state index in [9.17, 15) is 9.90 Å². The van der Waals surface area contributed by atoms with E-state index < -0.39 is 0 Å². The number of anilines is 3. The summed E-state index contributed by atoms with van der Waals surface area (Å²) in [6.07, 6.45) is 4.60. The summed E-state index contributed by atoms with van der Waals surface area (Å²) < 4.78 is 3.83. The van der Waals surface area contributed by atoms with Crippen LogP contribution in [0.2, 0.25) is 0 Å². The fourth-order valence-electron chi connectivity index (χ4n) is 2.08. The first-order valence-electron chi connectivity index (χ1n) is 7.48. The minimum absolute atomic E-state index is 0.0335. The molecule has 1 amide bonds. The summed E-state index contributed by atoms with van der Waals surface area (Å²) in [6, 6.07) is 6.71. The second kappa shape index (κ2) is 7.57. The van der Waals surface area contributed by atoms with Gasteiger partial charge in [0.15, 0.2) is 0 Å². The highest BCUT2D eigenvalue weighted by atomic mass is 32.1. The van der Waals surface area contributed by atoms with Crippen molar-refractivity contribution in [2.24, 2.45) is 0 Å².